The van der Waals surface area contributed by atoms with E-state index in [1.807, 2.05) is 29.8 Å². The molecular formula is C20H22F2N6O2. The molecule has 0 unspecified atom stereocenters. The van der Waals surface area contributed by atoms with E-state index >= 15 is 0 Å². The van der Waals surface area contributed by atoms with Gasteiger partial charge in [-0.15, -0.1) is 0 Å². The molecule has 0 saturated heterocycles. The molecule has 3 aromatic rings. The van der Waals surface area contributed by atoms with E-state index < -0.39 is 12.5 Å². The number of alkyl halides is 2. The number of hydrogen-bond donors (Lipinski definition) is 2. The maximum Gasteiger partial charge on any atom is 0.265 e. The lowest BCUT2D eigenvalue weighted by Gasteiger charge is -2.16. The number of benzene rings is 1. The van der Waals surface area contributed by atoms with Gasteiger partial charge in [0.1, 0.15) is 5.75 Å². The minimum absolute atomic E-state index is 0.187. The second kappa shape index (κ2) is 8.13. The molecule has 158 valence electrons. The first-order chi connectivity index (χ1) is 14.4. The third-order valence-corrected chi connectivity index (χ3v) is 4.64. The Morgan fingerprint density at radius 3 is 2.93 bits per heavy atom. The number of fused-ring (bicyclic) bond motifs is 1. The van der Waals surface area contributed by atoms with Crippen molar-refractivity contribution in [2.75, 3.05) is 30.9 Å². The van der Waals surface area contributed by atoms with Crippen molar-refractivity contribution in [1.82, 2.24) is 19.5 Å². The number of ether oxygens (including phenoxy) is 2. The lowest BCUT2D eigenvalue weighted by atomic mass is 10.2. The normalized spacial score (nSPS) is 15.6. The highest BCUT2D eigenvalue weighted by Crippen LogP contribution is 2.31. The van der Waals surface area contributed by atoms with Gasteiger partial charge in [-0.25, -0.2) is 18.7 Å². The number of anilines is 3. The van der Waals surface area contributed by atoms with Gasteiger partial charge in [0.2, 0.25) is 5.95 Å². The molecule has 3 heterocycles. The summed E-state index contributed by atoms with van der Waals surface area (Å²) in [4.78, 5) is 12.8. The number of hydrogen-bond acceptors (Lipinski definition) is 7. The molecule has 30 heavy (non-hydrogen) atoms. The Morgan fingerprint density at radius 1 is 1.30 bits per heavy atom. The minimum atomic E-state index is -2.82. The average molecular weight is 416 g/mol. The Balaban J connectivity index is 1.57. The molecule has 0 amide bonds. The fraction of sp³-hybridized carbons (Fsp3) is 0.350. The SMILES string of the molecule is COc1cc(Nc2ncc3c(n2)NCC(F)(F)CCCO3)ccc1-n1cnc(C)c1. The molecule has 0 atom stereocenters. The highest BCUT2D eigenvalue weighted by Gasteiger charge is 2.30. The second-order valence-electron chi connectivity index (χ2n) is 7.00. The van der Waals surface area contributed by atoms with E-state index in [4.69, 9.17) is 9.47 Å². The van der Waals surface area contributed by atoms with E-state index in [-0.39, 0.29) is 31.2 Å². The fourth-order valence-electron chi connectivity index (χ4n) is 3.13. The lowest BCUT2D eigenvalue weighted by Crippen LogP contribution is -2.27. The predicted molar refractivity (Wildman–Crippen MR) is 108 cm³/mol. The Hall–Kier alpha value is -3.43. The third-order valence-electron chi connectivity index (χ3n) is 4.64. The monoisotopic (exact) mass is 416 g/mol. The number of nitrogens with one attached hydrogen (secondary N) is 2. The van der Waals surface area contributed by atoms with Crippen molar-refractivity contribution < 1.29 is 18.3 Å². The molecule has 0 spiro atoms. The summed E-state index contributed by atoms with van der Waals surface area (Å²) in [5.41, 5.74) is 2.41. The fourth-order valence-corrected chi connectivity index (χ4v) is 3.13. The van der Waals surface area contributed by atoms with Gasteiger partial charge in [-0.2, -0.15) is 4.98 Å². The smallest absolute Gasteiger partial charge is 0.265 e. The number of imidazole rings is 1. The first kappa shape index (κ1) is 19.9. The molecule has 1 aromatic carbocycles. The summed E-state index contributed by atoms with van der Waals surface area (Å²) >= 11 is 0. The van der Waals surface area contributed by atoms with Crippen molar-refractivity contribution in [2.45, 2.75) is 25.7 Å². The molecule has 10 heteroatoms. The summed E-state index contributed by atoms with van der Waals surface area (Å²) in [5.74, 6) is -1.37. The van der Waals surface area contributed by atoms with E-state index in [2.05, 4.69) is 25.6 Å². The predicted octanol–water partition coefficient (Wildman–Crippen LogP) is 3.94. The number of aromatic nitrogens is 4. The van der Waals surface area contributed by atoms with Crippen LogP contribution in [0.2, 0.25) is 0 Å². The van der Waals surface area contributed by atoms with Gasteiger partial charge in [-0.3, -0.25) is 0 Å². The van der Waals surface area contributed by atoms with Crippen LogP contribution in [0.3, 0.4) is 0 Å². The van der Waals surface area contributed by atoms with Crippen LogP contribution in [0.25, 0.3) is 5.69 Å². The van der Waals surface area contributed by atoms with Gasteiger partial charge in [0.25, 0.3) is 5.92 Å². The van der Waals surface area contributed by atoms with Crippen LogP contribution < -0.4 is 20.1 Å². The van der Waals surface area contributed by atoms with Crippen LogP contribution >= 0.6 is 0 Å². The zero-order chi connectivity index (χ0) is 21.1. The Kier molecular flexibility index (Phi) is 5.39. The summed E-state index contributed by atoms with van der Waals surface area (Å²) in [7, 11) is 1.58. The molecule has 0 bridgehead atoms. The number of aryl methyl sites for hydroxylation is 1. The molecule has 0 saturated carbocycles. The molecular weight excluding hydrogens is 394 g/mol. The van der Waals surface area contributed by atoms with E-state index in [0.717, 1.165) is 11.4 Å². The highest BCUT2D eigenvalue weighted by molar-refractivity contribution is 5.63. The lowest BCUT2D eigenvalue weighted by molar-refractivity contribution is 0.00252. The molecule has 2 N–H and O–H groups in total. The van der Waals surface area contributed by atoms with Gasteiger partial charge in [-0.05, 0) is 25.5 Å². The van der Waals surface area contributed by atoms with Crippen LogP contribution in [0.1, 0.15) is 18.5 Å². The molecule has 0 aliphatic carbocycles. The highest BCUT2D eigenvalue weighted by atomic mass is 19.3. The van der Waals surface area contributed by atoms with Gasteiger partial charge in [0.05, 0.1) is 44.2 Å². The number of rotatable bonds is 4. The minimum Gasteiger partial charge on any atom is -0.494 e. The average Bonchev–Trinajstić information content (AvgIpc) is 3.18. The maximum absolute atomic E-state index is 13.8. The van der Waals surface area contributed by atoms with E-state index in [0.29, 0.717) is 17.2 Å². The summed E-state index contributed by atoms with van der Waals surface area (Å²) < 4.78 is 40.6. The van der Waals surface area contributed by atoms with Gasteiger partial charge < -0.3 is 24.7 Å². The molecule has 0 radical (unpaired) electrons. The van der Waals surface area contributed by atoms with Crippen molar-refractivity contribution in [3.63, 3.8) is 0 Å². The van der Waals surface area contributed by atoms with Gasteiger partial charge in [0.15, 0.2) is 11.6 Å². The topological polar surface area (TPSA) is 86.1 Å². The molecule has 1 aliphatic rings. The van der Waals surface area contributed by atoms with Gasteiger partial charge >= 0.3 is 0 Å². The zero-order valence-electron chi connectivity index (χ0n) is 16.7. The van der Waals surface area contributed by atoms with E-state index in [1.54, 1.807) is 19.5 Å². The number of nitrogens with zero attached hydrogens (tertiary/aromatic N) is 4. The Labute approximate surface area is 172 Å². The van der Waals surface area contributed by atoms with Crippen LogP contribution in [0.5, 0.6) is 11.5 Å². The van der Waals surface area contributed by atoms with Crippen molar-refractivity contribution in [3.8, 4) is 17.2 Å². The van der Waals surface area contributed by atoms with Crippen molar-refractivity contribution in [3.05, 3.63) is 42.6 Å². The maximum atomic E-state index is 13.8. The van der Waals surface area contributed by atoms with Gasteiger partial charge in [-0.1, -0.05) is 0 Å². The largest absolute Gasteiger partial charge is 0.494 e. The number of halogens is 2. The molecule has 2 aromatic heterocycles. The van der Waals surface area contributed by atoms with Crippen LogP contribution in [0.4, 0.5) is 26.2 Å². The first-order valence-electron chi connectivity index (χ1n) is 9.51. The van der Waals surface area contributed by atoms with Crippen LogP contribution in [0.15, 0.2) is 36.9 Å². The first-order valence-corrected chi connectivity index (χ1v) is 9.51. The van der Waals surface area contributed by atoms with Crippen molar-refractivity contribution >= 4 is 17.5 Å². The van der Waals surface area contributed by atoms with Crippen LogP contribution in [0, 0.1) is 6.92 Å². The van der Waals surface area contributed by atoms with Crippen LogP contribution in [-0.4, -0.2) is 45.7 Å². The zero-order valence-corrected chi connectivity index (χ0v) is 16.7. The summed E-state index contributed by atoms with van der Waals surface area (Å²) in [6.07, 6.45) is 5.10. The quantitative estimate of drug-likeness (QED) is 0.666. The van der Waals surface area contributed by atoms with E-state index in [1.165, 1.54) is 6.20 Å². The summed E-state index contributed by atoms with van der Waals surface area (Å²) in [6, 6.07) is 5.52. The molecule has 4 rings (SSSR count). The molecule has 0 fully saturated rings. The van der Waals surface area contributed by atoms with E-state index in [9.17, 15) is 8.78 Å². The number of methoxy groups -OCH3 is 1. The Morgan fingerprint density at radius 2 is 2.17 bits per heavy atom. The molecule has 1 aliphatic heterocycles. The summed E-state index contributed by atoms with van der Waals surface area (Å²) in [6.45, 7) is 1.59. The Bertz CT molecular complexity index is 1040. The second-order valence-corrected chi connectivity index (χ2v) is 7.00. The van der Waals surface area contributed by atoms with Crippen molar-refractivity contribution in [2.24, 2.45) is 0 Å². The van der Waals surface area contributed by atoms with Crippen molar-refractivity contribution in [1.29, 1.82) is 0 Å². The standard InChI is InChI=1S/C20H22F2N6O2/c1-13-10-28(12-25-13)15-5-4-14(8-16(15)29-2)26-19-23-9-17-18(27-19)24-11-20(21,22)6-3-7-30-17/h4-5,8-10,12H,3,6-7,11H2,1-2H3,(H2,23,24,26,27). The summed E-state index contributed by atoms with van der Waals surface area (Å²) in [5, 5.41) is 5.75. The van der Waals surface area contributed by atoms with Crippen LogP contribution in [-0.2, 0) is 0 Å². The van der Waals surface area contributed by atoms with Gasteiger partial charge in [0, 0.05) is 24.4 Å². The third kappa shape index (κ3) is 4.42. The molecule has 8 nitrogen and oxygen atoms in total.